The second-order valence-electron chi connectivity index (χ2n) is 4.54. The second kappa shape index (κ2) is 5.96. The maximum absolute atomic E-state index is 12.3. The van der Waals surface area contributed by atoms with Crippen LogP contribution in [0, 0.1) is 17.0 Å². The van der Waals surface area contributed by atoms with E-state index in [1.54, 1.807) is 13.0 Å². The van der Waals surface area contributed by atoms with Crippen LogP contribution in [0.4, 0.5) is 20.2 Å². The molecule has 0 amide bonds. The molecule has 0 fully saturated rings. The van der Waals surface area contributed by atoms with Crippen LogP contribution < -0.4 is 5.32 Å². The van der Waals surface area contributed by atoms with Crippen LogP contribution in [0.5, 0.6) is 0 Å². The van der Waals surface area contributed by atoms with Crippen molar-refractivity contribution in [3.8, 4) is 0 Å². The number of halogens is 2. The van der Waals surface area contributed by atoms with E-state index in [-0.39, 0.29) is 12.2 Å². The van der Waals surface area contributed by atoms with Crippen molar-refractivity contribution in [1.29, 1.82) is 0 Å². The number of anilines is 1. The van der Waals surface area contributed by atoms with Crippen LogP contribution in [0.25, 0.3) is 10.8 Å². The standard InChI is InChI=1S/C13H13F2N3O3/c1-7-4-8-9(5-16-7)11(18(20)21)3-2-10(8)17-6-12(19)13(14)15/h2-5,12-13,17,19H,6H2,1H3. The number of pyridine rings is 1. The van der Waals surface area contributed by atoms with Crippen molar-refractivity contribution in [2.45, 2.75) is 19.5 Å². The van der Waals surface area contributed by atoms with Crippen LogP contribution in [0.1, 0.15) is 5.69 Å². The van der Waals surface area contributed by atoms with Gasteiger partial charge in [0.25, 0.3) is 12.1 Å². The van der Waals surface area contributed by atoms with Gasteiger partial charge in [-0.15, -0.1) is 0 Å². The van der Waals surface area contributed by atoms with Gasteiger partial charge in [-0.25, -0.2) is 8.78 Å². The fourth-order valence-corrected chi connectivity index (χ4v) is 1.95. The van der Waals surface area contributed by atoms with Gasteiger partial charge >= 0.3 is 0 Å². The Bertz CT molecular complexity index is 679. The number of aliphatic hydroxyl groups is 1. The first-order valence-corrected chi connectivity index (χ1v) is 6.14. The Hall–Kier alpha value is -2.35. The number of aliphatic hydroxyl groups excluding tert-OH is 1. The van der Waals surface area contributed by atoms with E-state index in [1.807, 2.05) is 0 Å². The first kappa shape index (κ1) is 15.0. The van der Waals surface area contributed by atoms with Crippen LogP contribution in [0.3, 0.4) is 0 Å². The molecule has 1 heterocycles. The van der Waals surface area contributed by atoms with Crippen LogP contribution >= 0.6 is 0 Å². The lowest BCUT2D eigenvalue weighted by atomic mass is 10.1. The Kier molecular flexibility index (Phi) is 4.27. The highest BCUT2D eigenvalue weighted by molar-refractivity contribution is 5.99. The molecule has 2 aromatic rings. The van der Waals surface area contributed by atoms with Gasteiger partial charge in [0.15, 0.2) is 0 Å². The molecule has 1 unspecified atom stereocenters. The zero-order chi connectivity index (χ0) is 15.6. The number of non-ortho nitro benzene ring substituents is 1. The third-order valence-electron chi connectivity index (χ3n) is 3.00. The van der Waals surface area contributed by atoms with Gasteiger partial charge in [-0.1, -0.05) is 0 Å². The summed E-state index contributed by atoms with van der Waals surface area (Å²) in [7, 11) is 0. The molecule has 0 aliphatic rings. The number of hydrogen-bond donors (Lipinski definition) is 2. The van der Waals surface area contributed by atoms with E-state index in [1.165, 1.54) is 18.3 Å². The zero-order valence-corrected chi connectivity index (χ0v) is 11.1. The quantitative estimate of drug-likeness (QED) is 0.654. The van der Waals surface area contributed by atoms with Gasteiger partial charge in [0.2, 0.25) is 0 Å². The largest absolute Gasteiger partial charge is 0.385 e. The first-order chi connectivity index (χ1) is 9.90. The van der Waals surface area contributed by atoms with Gasteiger partial charge in [0, 0.05) is 35.6 Å². The third-order valence-corrected chi connectivity index (χ3v) is 3.00. The lowest BCUT2D eigenvalue weighted by Gasteiger charge is -2.14. The minimum Gasteiger partial charge on any atom is -0.385 e. The predicted molar refractivity (Wildman–Crippen MR) is 73.6 cm³/mol. The molecule has 0 aliphatic carbocycles. The molecular weight excluding hydrogens is 284 g/mol. The van der Waals surface area contributed by atoms with Gasteiger partial charge < -0.3 is 10.4 Å². The Morgan fingerprint density at radius 2 is 2.14 bits per heavy atom. The molecule has 1 aromatic heterocycles. The number of fused-ring (bicyclic) bond motifs is 1. The van der Waals surface area contributed by atoms with Crippen LogP contribution in [-0.4, -0.2) is 34.1 Å². The predicted octanol–water partition coefficient (Wildman–Crippen LogP) is 2.49. The molecule has 8 heteroatoms. The Morgan fingerprint density at radius 1 is 1.43 bits per heavy atom. The molecule has 112 valence electrons. The SMILES string of the molecule is Cc1cc2c(NCC(O)C(F)F)ccc([N+](=O)[O-])c2cn1. The van der Waals surface area contributed by atoms with Gasteiger partial charge in [-0.3, -0.25) is 15.1 Å². The van der Waals surface area contributed by atoms with Crippen molar-refractivity contribution in [3.63, 3.8) is 0 Å². The van der Waals surface area contributed by atoms with Crippen LogP contribution in [-0.2, 0) is 0 Å². The number of rotatable bonds is 5. The summed E-state index contributed by atoms with van der Waals surface area (Å²) in [4.78, 5) is 14.5. The highest BCUT2D eigenvalue weighted by Crippen LogP contribution is 2.31. The summed E-state index contributed by atoms with van der Waals surface area (Å²) in [6.07, 6.45) is -3.29. The summed E-state index contributed by atoms with van der Waals surface area (Å²) < 4.78 is 24.6. The van der Waals surface area contributed by atoms with Gasteiger partial charge in [-0.05, 0) is 19.1 Å². The number of nitro benzene ring substituents is 1. The number of nitrogens with zero attached hydrogens (tertiary/aromatic N) is 2. The molecule has 6 nitrogen and oxygen atoms in total. The molecule has 0 saturated heterocycles. The highest BCUT2D eigenvalue weighted by atomic mass is 19.3. The number of alkyl halides is 2. The molecule has 2 N–H and O–H groups in total. The summed E-state index contributed by atoms with van der Waals surface area (Å²) in [6, 6.07) is 4.33. The number of aryl methyl sites for hydroxylation is 1. The number of nitrogens with one attached hydrogen (secondary N) is 1. The lowest BCUT2D eigenvalue weighted by molar-refractivity contribution is -0.383. The molecule has 1 atom stereocenters. The van der Waals surface area contributed by atoms with Crippen molar-refractivity contribution in [1.82, 2.24) is 4.98 Å². The average molecular weight is 297 g/mol. The van der Waals surface area contributed by atoms with Gasteiger partial charge in [0.05, 0.1) is 10.3 Å². The minimum absolute atomic E-state index is 0.113. The minimum atomic E-state index is -2.86. The fourth-order valence-electron chi connectivity index (χ4n) is 1.95. The second-order valence-corrected chi connectivity index (χ2v) is 4.54. The summed E-state index contributed by atoms with van der Waals surface area (Å²) in [6.45, 7) is 1.36. The van der Waals surface area contributed by atoms with Gasteiger partial charge in [0.1, 0.15) is 6.10 Å². The normalized spacial score (nSPS) is 12.6. The Morgan fingerprint density at radius 3 is 2.76 bits per heavy atom. The Balaban J connectivity index is 2.43. The Labute approximate surface area is 118 Å². The highest BCUT2D eigenvalue weighted by Gasteiger charge is 2.18. The fraction of sp³-hybridized carbons (Fsp3) is 0.308. The summed E-state index contributed by atoms with van der Waals surface area (Å²) >= 11 is 0. The monoisotopic (exact) mass is 297 g/mol. The van der Waals surface area contributed by atoms with E-state index < -0.39 is 17.5 Å². The molecule has 0 saturated carbocycles. The smallest absolute Gasteiger partial charge is 0.278 e. The number of benzene rings is 1. The molecule has 1 aromatic carbocycles. The molecule has 0 spiro atoms. The van der Waals surface area contributed by atoms with E-state index in [2.05, 4.69) is 10.3 Å². The topological polar surface area (TPSA) is 88.3 Å². The third kappa shape index (κ3) is 3.22. The molecule has 2 rings (SSSR count). The van der Waals surface area contributed by atoms with Crippen molar-refractivity contribution in [2.75, 3.05) is 11.9 Å². The van der Waals surface area contributed by atoms with Crippen LogP contribution in [0.15, 0.2) is 24.4 Å². The summed E-state index contributed by atoms with van der Waals surface area (Å²) in [5.74, 6) is 0. The maximum Gasteiger partial charge on any atom is 0.278 e. The molecule has 21 heavy (non-hydrogen) atoms. The van der Waals surface area contributed by atoms with Crippen molar-refractivity contribution in [2.24, 2.45) is 0 Å². The van der Waals surface area contributed by atoms with Crippen molar-refractivity contribution < 1.29 is 18.8 Å². The van der Waals surface area contributed by atoms with Crippen molar-refractivity contribution >= 4 is 22.1 Å². The number of nitro groups is 1. The van der Waals surface area contributed by atoms with E-state index in [0.29, 0.717) is 22.2 Å². The van der Waals surface area contributed by atoms with E-state index >= 15 is 0 Å². The number of aromatic nitrogens is 1. The molecule has 0 radical (unpaired) electrons. The van der Waals surface area contributed by atoms with E-state index in [9.17, 15) is 18.9 Å². The lowest BCUT2D eigenvalue weighted by Crippen LogP contribution is -2.26. The van der Waals surface area contributed by atoms with Crippen molar-refractivity contribution in [3.05, 3.63) is 40.2 Å². The average Bonchev–Trinajstić information content (AvgIpc) is 2.43. The molecule has 0 aliphatic heterocycles. The zero-order valence-electron chi connectivity index (χ0n) is 11.1. The van der Waals surface area contributed by atoms with Crippen LogP contribution in [0.2, 0.25) is 0 Å². The maximum atomic E-state index is 12.3. The van der Waals surface area contributed by atoms with E-state index in [0.717, 1.165) is 0 Å². The first-order valence-electron chi connectivity index (χ1n) is 6.14. The summed E-state index contributed by atoms with van der Waals surface area (Å²) in [5, 5.41) is 23.6. The molecular formula is C13H13F2N3O3. The summed E-state index contributed by atoms with van der Waals surface area (Å²) in [5.41, 5.74) is 0.957. The van der Waals surface area contributed by atoms with Gasteiger partial charge in [-0.2, -0.15) is 0 Å². The van der Waals surface area contributed by atoms with E-state index in [4.69, 9.17) is 5.11 Å². The molecule has 0 bridgehead atoms. The number of hydrogen-bond acceptors (Lipinski definition) is 5.